The Hall–Kier alpha value is -1.01. The Labute approximate surface area is 117 Å². The molecular formula is C13H20N2O3S. The average molecular weight is 284 g/mol. The predicted octanol–water partition coefficient (Wildman–Crippen LogP) is 2.53. The van der Waals surface area contributed by atoms with Crippen LogP contribution in [0.2, 0.25) is 0 Å². The van der Waals surface area contributed by atoms with Gasteiger partial charge in [-0.15, -0.1) is 0 Å². The van der Waals surface area contributed by atoms with Crippen LogP contribution in [-0.2, 0) is 4.79 Å². The maximum Gasteiger partial charge on any atom is 0.323 e. The number of carboxylic acid groups (broad SMARTS) is 1. The van der Waals surface area contributed by atoms with Gasteiger partial charge in [-0.25, -0.2) is 4.98 Å². The molecule has 2 N–H and O–H groups in total. The van der Waals surface area contributed by atoms with E-state index in [1.54, 1.807) is 12.5 Å². The highest BCUT2D eigenvalue weighted by Crippen LogP contribution is 2.28. The van der Waals surface area contributed by atoms with E-state index >= 15 is 0 Å². The van der Waals surface area contributed by atoms with E-state index in [4.69, 9.17) is 4.42 Å². The van der Waals surface area contributed by atoms with Gasteiger partial charge in [-0.1, -0.05) is 18.7 Å². The first-order chi connectivity index (χ1) is 9.16. The van der Waals surface area contributed by atoms with Gasteiger partial charge in [-0.3, -0.25) is 10.1 Å². The minimum absolute atomic E-state index is 0.399. The van der Waals surface area contributed by atoms with E-state index < -0.39 is 11.5 Å². The SMILES string of the molecule is CCC(CCCSc1ncco1)(NC1CC1)C(=O)O. The molecule has 0 radical (unpaired) electrons. The van der Waals surface area contributed by atoms with Crippen LogP contribution in [0, 0.1) is 0 Å². The van der Waals surface area contributed by atoms with Crippen LogP contribution >= 0.6 is 11.8 Å². The summed E-state index contributed by atoms with van der Waals surface area (Å²) in [6.45, 7) is 1.94. The average Bonchev–Trinajstić information content (AvgIpc) is 3.05. The van der Waals surface area contributed by atoms with Crippen molar-refractivity contribution >= 4 is 17.7 Å². The normalized spacial score (nSPS) is 18.2. The van der Waals surface area contributed by atoms with Gasteiger partial charge in [0.15, 0.2) is 0 Å². The summed E-state index contributed by atoms with van der Waals surface area (Å²) in [6.07, 6.45) is 7.44. The third-order valence-corrected chi connectivity index (χ3v) is 4.40. The lowest BCUT2D eigenvalue weighted by atomic mass is 9.90. The quantitative estimate of drug-likeness (QED) is 0.536. The van der Waals surface area contributed by atoms with Gasteiger partial charge in [-0.2, -0.15) is 0 Å². The molecule has 1 heterocycles. The molecule has 1 fully saturated rings. The zero-order valence-corrected chi connectivity index (χ0v) is 11.9. The van der Waals surface area contributed by atoms with Crippen molar-refractivity contribution in [3.63, 3.8) is 0 Å². The molecule has 106 valence electrons. The van der Waals surface area contributed by atoms with Crippen LogP contribution in [0.15, 0.2) is 22.1 Å². The molecular weight excluding hydrogens is 264 g/mol. The van der Waals surface area contributed by atoms with Crippen molar-refractivity contribution in [2.24, 2.45) is 0 Å². The number of hydrogen-bond donors (Lipinski definition) is 2. The molecule has 1 unspecified atom stereocenters. The molecule has 0 spiro atoms. The van der Waals surface area contributed by atoms with Gasteiger partial charge in [0.25, 0.3) is 5.22 Å². The van der Waals surface area contributed by atoms with Gasteiger partial charge in [0.1, 0.15) is 11.8 Å². The summed E-state index contributed by atoms with van der Waals surface area (Å²) in [5.41, 5.74) is -0.766. The summed E-state index contributed by atoms with van der Waals surface area (Å²) in [7, 11) is 0. The molecule has 1 atom stereocenters. The van der Waals surface area contributed by atoms with Crippen molar-refractivity contribution in [1.29, 1.82) is 0 Å². The monoisotopic (exact) mass is 284 g/mol. The molecule has 2 rings (SSSR count). The highest BCUT2D eigenvalue weighted by Gasteiger charge is 2.40. The number of aromatic nitrogens is 1. The first-order valence-electron chi connectivity index (χ1n) is 6.69. The van der Waals surface area contributed by atoms with Gasteiger partial charge in [-0.05, 0) is 32.1 Å². The number of nitrogens with zero attached hydrogens (tertiary/aromatic N) is 1. The molecule has 0 amide bonds. The number of thioether (sulfide) groups is 1. The second-order valence-corrected chi connectivity index (χ2v) is 5.96. The van der Waals surface area contributed by atoms with E-state index in [0.29, 0.717) is 24.1 Å². The van der Waals surface area contributed by atoms with Crippen molar-refractivity contribution in [3.05, 3.63) is 12.5 Å². The van der Waals surface area contributed by atoms with E-state index in [2.05, 4.69) is 10.3 Å². The highest BCUT2D eigenvalue weighted by molar-refractivity contribution is 7.99. The smallest absolute Gasteiger partial charge is 0.323 e. The summed E-state index contributed by atoms with van der Waals surface area (Å²) in [4.78, 5) is 15.6. The Bertz CT molecular complexity index is 406. The molecule has 0 aliphatic heterocycles. The van der Waals surface area contributed by atoms with Gasteiger partial charge < -0.3 is 9.52 Å². The lowest BCUT2D eigenvalue weighted by Gasteiger charge is -2.29. The number of nitrogens with one attached hydrogen (secondary N) is 1. The standard InChI is InChI=1S/C13H20N2O3S/c1-2-13(11(16)17,15-10-4-5-10)6-3-9-19-12-14-7-8-18-12/h7-8,10,15H,2-6,9H2,1H3,(H,16,17). The number of carbonyl (C=O) groups is 1. The van der Waals surface area contributed by atoms with Crippen LogP contribution in [0.4, 0.5) is 0 Å². The van der Waals surface area contributed by atoms with Crippen LogP contribution in [0.3, 0.4) is 0 Å². The zero-order chi connectivity index (χ0) is 13.7. The second kappa shape index (κ2) is 6.43. The molecule has 0 saturated heterocycles. The van der Waals surface area contributed by atoms with Gasteiger partial charge in [0, 0.05) is 11.8 Å². The molecule has 1 saturated carbocycles. The van der Waals surface area contributed by atoms with E-state index in [1.165, 1.54) is 11.8 Å². The van der Waals surface area contributed by atoms with Crippen molar-refractivity contribution in [2.45, 2.75) is 55.8 Å². The van der Waals surface area contributed by atoms with E-state index in [1.807, 2.05) is 6.92 Å². The van der Waals surface area contributed by atoms with Crippen LogP contribution in [0.1, 0.15) is 39.0 Å². The molecule has 5 nitrogen and oxygen atoms in total. The van der Waals surface area contributed by atoms with Gasteiger partial charge >= 0.3 is 5.97 Å². The zero-order valence-electron chi connectivity index (χ0n) is 11.1. The topological polar surface area (TPSA) is 75.4 Å². The maximum atomic E-state index is 11.5. The lowest BCUT2D eigenvalue weighted by molar-refractivity contribution is -0.145. The van der Waals surface area contributed by atoms with Crippen LogP contribution in [0.5, 0.6) is 0 Å². The molecule has 6 heteroatoms. The van der Waals surface area contributed by atoms with Crippen molar-refractivity contribution in [3.8, 4) is 0 Å². The number of oxazole rings is 1. The third-order valence-electron chi connectivity index (χ3n) is 3.45. The van der Waals surface area contributed by atoms with Crippen molar-refractivity contribution in [1.82, 2.24) is 10.3 Å². The molecule has 19 heavy (non-hydrogen) atoms. The van der Waals surface area contributed by atoms with Gasteiger partial charge in [0.05, 0.1) is 6.20 Å². The molecule has 0 bridgehead atoms. The lowest BCUT2D eigenvalue weighted by Crippen LogP contribution is -2.52. The Kier molecular flexibility index (Phi) is 4.87. The molecule has 1 aromatic rings. The fourth-order valence-corrected chi connectivity index (χ4v) is 2.83. The maximum absolute atomic E-state index is 11.5. The summed E-state index contributed by atoms with van der Waals surface area (Å²) >= 11 is 1.53. The summed E-state index contributed by atoms with van der Waals surface area (Å²) in [5.74, 6) is 0.0880. The van der Waals surface area contributed by atoms with E-state index in [0.717, 1.165) is 25.0 Å². The number of carboxylic acids is 1. The predicted molar refractivity (Wildman–Crippen MR) is 73.3 cm³/mol. The second-order valence-electron chi connectivity index (χ2n) is 4.91. The first-order valence-corrected chi connectivity index (χ1v) is 7.68. The number of hydrogen-bond acceptors (Lipinski definition) is 5. The molecule has 0 aromatic carbocycles. The Morgan fingerprint density at radius 3 is 3.00 bits per heavy atom. The minimum atomic E-state index is -0.766. The summed E-state index contributed by atoms with van der Waals surface area (Å²) < 4.78 is 5.13. The Morgan fingerprint density at radius 1 is 1.68 bits per heavy atom. The fourth-order valence-electron chi connectivity index (χ4n) is 2.10. The molecule has 1 aliphatic carbocycles. The first kappa shape index (κ1) is 14.4. The molecule has 1 aromatic heterocycles. The van der Waals surface area contributed by atoms with E-state index in [-0.39, 0.29) is 0 Å². The highest BCUT2D eigenvalue weighted by atomic mass is 32.2. The van der Waals surface area contributed by atoms with Crippen molar-refractivity contribution in [2.75, 3.05) is 5.75 Å². The summed E-state index contributed by atoms with van der Waals surface area (Å²) in [6, 6.07) is 0.399. The van der Waals surface area contributed by atoms with Crippen molar-refractivity contribution < 1.29 is 14.3 Å². The van der Waals surface area contributed by atoms with Crippen LogP contribution in [0.25, 0.3) is 0 Å². The fraction of sp³-hybridized carbons (Fsp3) is 0.692. The number of rotatable bonds is 9. The largest absolute Gasteiger partial charge is 0.480 e. The number of aliphatic carboxylic acids is 1. The van der Waals surface area contributed by atoms with Gasteiger partial charge in [0.2, 0.25) is 0 Å². The van der Waals surface area contributed by atoms with Crippen LogP contribution in [-0.4, -0.2) is 33.4 Å². The summed E-state index contributed by atoms with van der Waals surface area (Å²) in [5, 5.41) is 13.4. The van der Waals surface area contributed by atoms with Crippen LogP contribution < -0.4 is 5.32 Å². The van der Waals surface area contributed by atoms with E-state index in [9.17, 15) is 9.90 Å². The minimum Gasteiger partial charge on any atom is -0.480 e. The molecule has 1 aliphatic rings. The Balaban J connectivity index is 1.80. The third kappa shape index (κ3) is 3.98. The Morgan fingerprint density at radius 2 is 2.47 bits per heavy atom.